The van der Waals surface area contributed by atoms with E-state index in [1.54, 1.807) is 4.90 Å². The predicted octanol–water partition coefficient (Wildman–Crippen LogP) is 2.78. The Labute approximate surface area is 133 Å². The number of anilines is 1. The van der Waals surface area contributed by atoms with Gasteiger partial charge in [0.25, 0.3) is 5.91 Å². The van der Waals surface area contributed by atoms with Gasteiger partial charge in [-0.1, -0.05) is 15.9 Å². The number of nitrogens with zero attached hydrogens (tertiary/aromatic N) is 1. The topological polar surface area (TPSA) is 49.4 Å². The summed E-state index contributed by atoms with van der Waals surface area (Å²) in [7, 11) is 0. The molecule has 1 aromatic rings. The van der Waals surface area contributed by atoms with Crippen molar-refractivity contribution in [3.8, 4) is 0 Å². The molecule has 2 amide bonds. The Bertz CT molecular complexity index is 612. The average molecular weight is 351 g/mol. The fraction of sp³-hybridized carbons (Fsp3) is 0.500. The number of aryl methyl sites for hydroxylation is 1. The number of halogens is 1. The lowest BCUT2D eigenvalue weighted by Crippen LogP contribution is -2.57. The quantitative estimate of drug-likeness (QED) is 0.891. The second-order valence-corrected chi connectivity index (χ2v) is 7.08. The normalized spacial score (nSPS) is 26.5. The Kier molecular flexibility index (Phi) is 3.56. The summed E-state index contributed by atoms with van der Waals surface area (Å²) in [6.07, 6.45) is 2.37. The maximum Gasteiger partial charge on any atom is 0.252 e. The maximum absolute atomic E-state index is 13.0. The number of carbonyl (C=O) groups is 2. The van der Waals surface area contributed by atoms with Gasteiger partial charge >= 0.3 is 0 Å². The van der Waals surface area contributed by atoms with Crippen LogP contribution < -0.4 is 10.2 Å². The number of hydrogen-bond donors (Lipinski definition) is 1. The van der Waals surface area contributed by atoms with Crippen LogP contribution in [0.25, 0.3) is 0 Å². The Hall–Kier alpha value is -1.36. The molecule has 1 aromatic carbocycles. The molecule has 1 saturated heterocycles. The molecule has 1 aliphatic heterocycles. The summed E-state index contributed by atoms with van der Waals surface area (Å²) < 4.78 is 0.991. The molecular weight excluding hydrogens is 332 g/mol. The fourth-order valence-electron chi connectivity index (χ4n) is 3.09. The number of amides is 2. The summed E-state index contributed by atoms with van der Waals surface area (Å²) in [6.45, 7) is 4.30. The van der Waals surface area contributed by atoms with Crippen molar-refractivity contribution in [1.82, 2.24) is 5.32 Å². The van der Waals surface area contributed by atoms with Crippen molar-refractivity contribution in [2.75, 3.05) is 11.4 Å². The molecule has 1 N–H and O–H groups in total. The van der Waals surface area contributed by atoms with Gasteiger partial charge in [-0.2, -0.15) is 0 Å². The van der Waals surface area contributed by atoms with E-state index < -0.39 is 5.54 Å². The van der Waals surface area contributed by atoms with E-state index in [-0.39, 0.29) is 17.7 Å². The highest BCUT2D eigenvalue weighted by Gasteiger charge is 2.51. The molecule has 3 rings (SSSR count). The zero-order valence-corrected chi connectivity index (χ0v) is 13.9. The lowest BCUT2D eigenvalue weighted by atomic mass is 9.93. The van der Waals surface area contributed by atoms with Crippen LogP contribution in [0.5, 0.6) is 0 Å². The van der Waals surface area contributed by atoms with Crippen LogP contribution in [0.1, 0.15) is 31.7 Å². The molecule has 1 heterocycles. The third kappa shape index (κ3) is 2.59. The monoisotopic (exact) mass is 350 g/mol. The van der Waals surface area contributed by atoms with E-state index in [0.717, 1.165) is 28.6 Å². The standard InChI is InChI=1S/C16H19BrN2O2/c1-10-9-12(17)5-6-13(10)19-8-7-14(20)18-16(2,15(19)21)11-3-4-11/h5-6,9,11H,3-4,7-8H2,1-2H3,(H,18,20). The van der Waals surface area contributed by atoms with Crippen molar-refractivity contribution >= 4 is 33.4 Å². The first-order valence-corrected chi connectivity index (χ1v) is 8.10. The Morgan fingerprint density at radius 3 is 2.67 bits per heavy atom. The fourth-order valence-corrected chi connectivity index (χ4v) is 3.57. The third-order valence-electron chi connectivity index (χ3n) is 4.49. The summed E-state index contributed by atoms with van der Waals surface area (Å²) >= 11 is 3.45. The first-order valence-electron chi connectivity index (χ1n) is 7.31. The SMILES string of the molecule is Cc1cc(Br)ccc1N1CCC(=O)NC(C)(C2CC2)C1=O. The van der Waals surface area contributed by atoms with E-state index in [4.69, 9.17) is 0 Å². The van der Waals surface area contributed by atoms with E-state index in [0.29, 0.717) is 13.0 Å². The van der Waals surface area contributed by atoms with Crippen molar-refractivity contribution in [3.05, 3.63) is 28.2 Å². The number of carbonyl (C=O) groups excluding carboxylic acids is 2. The zero-order chi connectivity index (χ0) is 15.2. The van der Waals surface area contributed by atoms with Crippen molar-refractivity contribution in [2.24, 2.45) is 5.92 Å². The van der Waals surface area contributed by atoms with Crippen molar-refractivity contribution in [1.29, 1.82) is 0 Å². The van der Waals surface area contributed by atoms with Crippen LogP contribution in [0.15, 0.2) is 22.7 Å². The molecule has 0 aromatic heterocycles. The maximum atomic E-state index is 13.0. The van der Waals surface area contributed by atoms with E-state index >= 15 is 0 Å². The molecule has 2 aliphatic rings. The van der Waals surface area contributed by atoms with Gasteiger partial charge in [0.2, 0.25) is 5.91 Å². The largest absolute Gasteiger partial charge is 0.342 e. The molecule has 1 saturated carbocycles. The summed E-state index contributed by atoms with van der Waals surface area (Å²) in [4.78, 5) is 26.8. The Morgan fingerprint density at radius 1 is 1.33 bits per heavy atom. The van der Waals surface area contributed by atoms with Gasteiger partial charge in [-0.15, -0.1) is 0 Å². The van der Waals surface area contributed by atoms with Crippen LogP contribution in [0, 0.1) is 12.8 Å². The Morgan fingerprint density at radius 2 is 2.05 bits per heavy atom. The highest BCUT2D eigenvalue weighted by molar-refractivity contribution is 9.10. The van der Waals surface area contributed by atoms with Crippen molar-refractivity contribution in [3.63, 3.8) is 0 Å². The summed E-state index contributed by atoms with van der Waals surface area (Å²) in [5.74, 6) is 0.251. The van der Waals surface area contributed by atoms with Crippen LogP contribution >= 0.6 is 15.9 Å². The van der Waals surface area contributed by atoms with Gasteiger partial charge in [-0.25, -0.2) is 0 Å². The number of benzene rings is 1. The van der Waals surface area contributed by atoms with Gasteiger partial charge in [0.15, 0.2) is 0 Å². The van der Waals surface area contributed by atoms with Gasteiger partial charge in [-0.3, -0.25) is 9.59 Å². The molecule has 4 nitrogen and oxygen atoms in total. The average Bonchev–Trinajstić information content (AvgIpc) is 3.24. The lowest BCUT2D eigenvalue weighted by molar-refractivity contribution is -0.130. The number of hydrogen-bond acceptors (Lipinski definition) is 2. The smallest absolute Gasteiger partial charge is 0.252 e. The van der Waals surface area contributed by atoms with E-state index in [1.807, 2.05) is 32.0 Å². The zero-order valence-electron chi connectivity index (χ0n) is 12.3. The van der Waals surface area contributed by atoms with Crippen molar-refractivity contribution in [2.45, 2.75) is 38.6 Å². The first kappa shape index (κ1) is 14.6. The van der Waals surface area contributed by atoms with Crippen LogP contribution in [-0.2, 0) is 9.59 Å². The van der Waals surface area contributed by atoms with Gasteiger partial charge in [0.1, 0.15) is 5.54 Å². The highest BCUT2D eigenvalue weighted by Crippen LogP contribution is 2.42. The Balaban J connectivity index is 2.00. The minimum atomic E-state index is -0.757. The molecule has 5 heteroatoms. The molecule has 21 heavy (non-hydrogen) atoms. The molecule has 0 bridgehead atoms. The highest BCUT2D eigenvalue weighted by atomic mass is 79.9. The van der Waals surface area contributed by atoms with Crippen LogP contribution in [0.2, 0.25) is 0 Å². The van der Waals surface area contributed by atoms with Crippen LogP contribution in [0.3, 0.4) is 0 Å². The second-order valence-electron chi connectivity index (χ2n) is 6.16. The molecule has 0 radical (unpaired) electrons. The minimum Gasteiger partial charge on any atom is -0.342 e. The minimum absolute atomic E-state index is 0.0151. The first-order chi connectivity index (χ1) is 9.91. The number of rotatable bonds is 2. The molecule has 112 valence electrons. The lowest BCUT2D eigenvalue weighted by Gasteiger charge is -2.33. The number of nitrogens with one attached hydrogen (secondary N) is 1. The molecule has 2 fully saturated rings. The summed E-state index contributed by atoms with van der Waals surface area (Å²) in [5, 5.41) is 2.96. The third-order valence-corrected chi connectivity index (χ3v) is 4.99. The van der Waals surface area contributed by atoms with Crippen LogP contribution in [-0.4, -0.2) is 23.9 Å². The van der Waals surface area contributed by atoms with Gasteiger partial charge in [-0.05, 0) is 56.4 Å². The van der Waals surface area contributed by atoms with E-state index in [9.17, 15) is 9.59 Å². The second kappa shape index (κ2) is 5.13. The molecule has 1 atom stereocenters. The summed E-state index contributed by atoms with van der Waals surface area (Å²) in [5.41, 5.74) is 1.17. The van der Waals surface area contributed by atoms with Gasteiger partial charge < -0.3 is 10.2 Å². The van der Waals surface area contributed by atoms with E-state index in [2.05, 4.69) is 21.2 Å². The van der Waals surface area contributed by atoms with Gasteiger partial charge in [0, 0.05) is 23.1 Å². The van der Waals surface area contributed by atoms with Gasteiger partial charge in [0.05, 0.1) is 0 Å². The molecule has 0 spiro atoms. The van der Waals surface area contributed by atoms with Crippen molar-refractivity contribution < 1.29 is 9.59 Å². The molecule has 1 unspecified atom stereocenters. The predicted molar refractivity (Wildman–Crippen MR) is 85.1 cm³/mol. The molecule has 1 aliphatic carbocycles. The molecular formula is C16H19BrN2O2. The summed E-state index contributed by atoms with van der Waals surface area (Å²) in [6, 6.07) is 5.88. The van der Waals surface area contributed by atoms with Crippen LogP contribution in [0.4, 0.5) is 5.69 Å². The van der Waals surface area contributed by atoms with E-state index in [1.165, 1.54) is 0 Å².